The molecule has 0 bridgehead atoms. The van der Waals surface area contributed by atoms with E-state index in [1.807, 2.05) is 11.3 Å². The predicted molar refractivity (Wildman–Crippen MR) is 63.8 cm³/mol. The summed E-state index contributed by atoms with van der Waals surface area (Å²) in [6, 6.07) is 10.9. The molecule has 2 heteroatoms. The summed E-state index contributed by atoms with van der Waals surface area (Å²) in [5, 5.41) is 1.38. The van der Waals surface area contributed by atoms with Crippen molar-refractivity contribution in [3.05, 3.63) is 35.2 Å². The van der Waals surface area contributed by atoms with E-state index in [1.165, 1.54) is 27.8 Å². The average Bonchev–Trinajstić information content (AvgIpc) is 2.60. The lowest BCUT2D eigenvalue weighted by Gasteiger charge is -1.93. The van der Waals surface area contributed by atoms with Crippen molar-refractivity contribution in [1.29, 1.82) is 0 Å². The second-order valence-corrected chi connectivity index (χ2v) is 4.66. The van der Waals surface area contributed by atoms with E-state index in [0.29, 0.717) is 0 Å². The maximum absolute atomic E-state index is 5.47. The lowest BCUT2D eigenvalue weighted by Crippen LogP contribution is -1.98. The first-order valence-electron chi connectivity index (χ1n) is 5.07. The molecule has 0 atom stereocenters. The van der Waals surface area contributed by atoms with E-state index in [4.69, 9.17) is 5.73 Å². The van der Waals surface area contributed by atoms with E-state index < -0.39 is 0 Å². The Kier molecular flexibility index (Phi) is 3.17. The lowest BCUT2D eigenvalue weighted by molar-refractivity contribution is 0.751. The smallest absolute Gasteiger partial charge is 0.0345 e. The van der Waals surface area contributed by atoms with Crippen molar-refractivity contribution in [3.8, 4) is 0 Å². The maximum Gasteiger partial charge on any atom is 0.0345 e. The van der Waals surface area contributed by atoms with Crippen molar-refractivity contribution in [3.63, 3.8) is 0 Å². The van der Waals surface area contributed by atoms with E-state index in [1.54, 1.807) is 0 Å². The number of rotatable bonds is 4. The number of thiophene rings is 1. The van der Waals surface area contributed by atoms with Gasteiger partial charge in [-0.2, -0.15) is 0 Å². The number of fused-ring (bicyclic) bond motifs is 1. The standard InChI is InChI=1S/C12H15NS/c13-8-4-3-6-11-9-10-5-1-2-7-12(10)14-11/h1-2,5,7,9H,3-4,6,8,13H2. The van der Waals surface area contributed by atoms with E-state index >= 15 is 0 Å². The Morgan fingerprint density at radius 1 is 1.14 bits per heavy atom. The SMILES string of the molecule is NCCCCc1cc2ccccc2s1. The minimum absolute atomic E-state index is 0.810. The Bertz CT molecular complexity index is 372. The second kappa shape index (κ2) is 4.58. The third-order valence-electron chi connectivity index (χ3n) is 2.35. The van der Waals surface area contributed by atoms with Gasteiger partial charge in [-0.3, -0.25) is 0 Å². The quantitative estimate of drug-likeness (QED) is 0.762. The molecule has 1 heterocycles. The molecule has 0 aliphatic carbocycles. The van der Waals surface area contributed by atoms with Gasteiger partial charge in [0, 0.05) is 9.58 Å². The van der Waals surface area contributed by atoms with Crippen LogP contribution in [0.3, 0.4) is 0 Å². The van der Waals surface area contributed by atoms with Crippen molar-refractivity contribution in [2.75, 3.05) is 6.54 Å². The van der Waals surface area contributed by atoms with Gasteiger partial charge in [0.1, 0.15) is 0 Å². The minimum Gasteiger partial charge on any atom is -0.330 e. The fourth-order valence-electron chi connectivity index (χ4n) is 1.60. The average molecular weight is 205 g/mol. The van der Waals surface area contributed by atoms with Gasteiger partial charge in [0.2, 0.25) is 0 Å². The van der Waals surface area contributed by atoms with E-state index in [2.05, 4.69) is 30.3 Å². The summed E-state index contributed by atoms with van der Waals surface area (Å²) in [4.78, 5) is 1.49. The van der Waals surface area contributed by atoms with Crippen LogP contribution in [0.5, 0.6) is 0 Å². The highest BCUT2D eigenvalue weighted by molar-refractivity contribution is 7.19. The van der Waals surface area contributed by atoms with Crippen LogP contribution in [-0.2, 0) is 6.42 Å². The first kappa shape index (κ1) is 9.69. The predicted octanol–water partition coefficient (Wildman–Crippen LogP) is 3.18. The van der Waals surface area contributed by atoms with Gasteiger partial charge in [0.05, 0.1) is 0 Å². The number of hydrogen-bond acceptors (Lipinski definition) is 2. The molecule has 2 aromatic rings. The largest absolute Gasteiger partial charge is 0.330 e. The molecule has 0 amide bonds. The van der Waals surface area contributed by atoms with Gasteiger partial charge in [0.25, 0.3) is 0 Å². The number of aryl methyl sites for hydroxylation is 1. The zero-order valence-electron chi connectivity index (χ0n) is 8.20. The summed E-state index contributed by atoms with van der Waals surface area (Å²) in [5.41, 5.74) is 5.47. The van der Waals surface area contributed by atoms with Gasteiger partial charge in [-0.1, -0.05) is 18.2 Å². The Morgan fingerprint density at radius 3 is 2.79 bits per heavy atom. The summed E-state index contributed by atoms with van der Waals surface area (Å²) in [6.45, 7) is 0.810. The van der Waals surface area contributed by atoms with E-state index in [0.717, 1.165) is 13.0 Å². The summed E-state index contributed by atoms with van der Waals surface area (Å²) in [7, 11) is 0. The Morgan fingerprint density at radius 2 is 2.00 bits per heavy atom. The van der Waals surface area contributed by atoms with Gasteiger partial charge in [-0.15, -0.1) is 11.3 Å². The monoisotopic (exact) mass is 205 g/mol. The normalized spacial score (nSPS) is 10.9. The molecule has 1 aromatic heterocycles. The van der Waals surface area contributed by atoms with Crippen LogP contribution in [0.1, 0.15) is 17.7 Å². The highest BCUT2D eigenvalue weighted by atomic mass is 32.1. The summed E-state index contributed by atoms with van der Waals surface area (Å²) in [5.74, 6) is 0. The molecule has 2 N–H and O–H groups in total. The van der Waals surface area contributed by atoms with Crippen molar-refractivity contribution < 1.29 is 0 Å². The van der Waals surface area contributed by atoms with Crippen molar-refractivity contribution in [2.24, 2.45) is 5.73 Å². The van der Waals surface area contributed by atoms with Crippen LogP contribution in [-0.4, -0.2) is 6.54 Å². The third kappa shape index (κ3) is 2.14. The number of nitrogens with two attached hydrogens (primary N) is 1. The Balaban J connectivity index is 2.11. The van der Waals surface area contributed by atoms with Gasteiger partial charge < -0.3 is 5.73 Å². The number of hydrogen-bond donors (Lipinski definition) is 1. The fourth-order valence-corrected chi connectivity index (χ4v) is 2.71. The molecule has 0 unspecified atom stereocenters. The summed E-state index contributed by atoms with van der Waals surface area (Å²) >= 11 is 1.91. The van der Waals surface area contributed by atoms with Crippen LogP contribution in [0.25, 0.3) is 10.1 Å². The topological polar surface area (TPSA) is 26.0 Å². The number of benzene rings is 1. The molecule has 1 aromatic carbocycles. The maximum atomic E-state index is 5.47. The molecule has 0 aliphatic rings. The van der Waals surface area contributed by atoms with Crippen molar-refractivity contribution >= 4 is 21.4 Å². The second-order valence-electron chi connectivity index (χ2n) is 3.50. The molecule has 74 valence electrons. The van der Waals surface area contributed by atoms with E-state index in [9.17, 15) is 0 Å². The zero-order valence-corrected chi connectivity index (χ0v) is 9.02. The molecule has 0 spiro atoms. The molecule has 2 rings (SSSR count). The first-order chi connectivity index (χ1) is 6.90. The van der Waals surface area contributed by atoms with Gasteiger partial charge in [0.15, 0.2) is 0 Å². The van der Waals surface area contributed by atoms with Crippen molar-refractivity contribution in [2.45, 2.75) is 19.3 Å². The lowest BCUT2D eigenvalue weighted by atomic mass is 10.2. The van der Waals surface area contributed by atoms with Crippen LogP contribution in [0.4, 0.5) is 0 Å². The van der Waals surface area contributed by atoms with Crippen LogP contribution in [0, 0.1) is 0 Å². The molecule has 14 heavy (non-hydrogen) atoms. The highest BCUT2D eigenvalue weighted by Crippen LogP contribution is 2.26. The molecule has 0 fully saturated rings. The van der Waals surface area contributed by atoms with Crippen LogP contribution in [0.15, 0.2) is 30.3 Å². The molecule has 0 saturated heterocycles. The zero-order chi connectivity index (χ0) is 9.80. The van der Waals surface area contributed by atoms with E-state index in [-0.39, 0.29) is 0 Å². The first-order valence-corrected chi connectivity index (χ1v) is 5.89. The van der Waals surface area contributed by atoms with Gasteiger partial charge in [-0.05, 0) is 43.3 Å². The van der Waals surface area contributed by atoms with Gasteiger partial charge >= 0.3 is 0 Å². The molecular formula is C12H15NS. The Hall–Kier alpha value is -0.860. The van der Waals surface area contributed by atoms with Gasteiger partial charge in [-0.25, -0.2) is 0 Å². The fraction of sp³-hybridized carbons (Fsp3) is 0.333. The van der Waals surface area contributed by atoms with Crippen molar-refractivity contribution in [1.82, 2.24) is 0 Å². The minimum atomic E-state index is 0.810. The number of unbranched alkanes of at least 4 members (excludes halogenated alkanes) is 1. The third-order valence-corrected chi connectivity index (χ3v) is 3.53. The molecule has 0 radical (unpaired) electrons. The van der Waals surface area contributed by atoms with Crippen LogP contribution in [0.2, 0.25) is 0 Å². The Labute approximate surface area is 88.6 Å². The molecular weight excluding hydrogens is 190 g/mol. The van der Waals surface area contributed by atoms with Crippen LogP contribution >= 0.6 is 11.3 Å². The molecule has 1 nitrogen and oxygen atoms in total. The summed E-state index contributed by atoms with van der Waals surface area (Å²) in [6.07, 6.45) is 3.52. The highest BCUT2D eigenvalue weighted by Gasteiger charge is 1.99. The molecule has 0 saturated carbocycles. The molecule has 0 aliphatic heterocycles. The summed E-state index contributed by atoms with van der Waals surface area (Å²) < 4.78 is 1.40. The van der Waals surface area contributed by atoms with Crippen LogP contribution < -0.4 is 5.73 Å².